The van der Waals surface area contributed by atoms with Crippen molar-refractivity contribution in [1.29, 1.82) is 5.26 Å². The molecule has 6 heteroatoms. The van der Waals surface area contributed by atoms with Crippen molar-refractivity contribution in [1.82, 2.24) is 15.5 Å². The maximum Gasteiger partial charge on any atom is 0.174 e. The number of nitrogens with one attached hydrogen (secondary N) is 1. The van der Waals surface area contributed by atoms with E-state index in [9.17, 15) is 0 Å². The fraction of sp³-hybridized carbons (Fsp3) is 0.700. The standard InChI is InChI=1S/C10H16N4S2/c1-3-5-12-9(7-11)4-6-15-10-14-13-8(2)16-10/h9,12H,3-6H2,1-2H3. The van der Waals surface area contributed by atoms with Gasteiger partial charge >= 0.3 is 0 Å². The van der Waals surface area contributed by atoms with Crippen molar-refractivity contribution in [3.05, 3.63) is 5.01 Å². The molecule has 1 aromatic heterocycles. The average Bonchev–Trinajstić information content (AvgIpc) is 2.69. The van der Waals surface area contributed by atoms with Gasteiger partial charge in [-0.05, 0) is 26.3 Å². The van der Waals surface area contributed by atoms with Crippen LogP contribution in [0.4, 0.5) is 0 Å². The maximum atomic E-state index is 8.91. The highest BCUT2D eigenvalue weighted by molar-refractivity contribution is 8.01. The van der Waals surface area contributed by atoms with Gasteiger partial charge in [-0.25, -0.2) is 0 Å². The molecule has 1 unspecified atom stereocenters. The van der Waals surface area contributed by atoms with Crippen LogP contribution in [0.2, 0.25) is 0 Å². The predicted molar refractivity (Wildman–Crippen MR) is 67.7 cm³/mol. The van der Waals surface area contributed by atoms with Crippen molar-refractivity contribution >= 4 is 23.1 Å². The average molecular weight is 256 g/mol. The minimum atomic E-state index is -0.0403. The summed E-state index contributed by atoms with van der Waals surface area (Å²) in [6.07, 6.45) is 1.90. The number of nitrogens with zero attached hydrogens (tertiary/aromatic N) is 3. The molecule has 1 rings (SSSR count). The van der Waals surface area contributed by atoms with Crippen molar-refractivity contribution in [3.8, 4) is 6.07 Å². The van der Waals surface area contributed by atoms with Gasteiger partial charge in [0, 0.05) is 5.75 Å². The Hall–Kier alpha value is -0.640. The Kier molecular flexibility index (Phi) is 6.38. The summed E-state index contributed by atoms with van der Waals surface area (Å²) in [4.78, 5) is 0. The Bertz CT molecular complexity index is 345. The quantitative estimate of drug-likeness (QED) is 0.758. The fourth-order valence-electron chi connectivity index (χ4n) is 1.13. The van der Waals surface area contributed by atoms with Gasteiger partial charge in [-0.3, -0.25) is 0 Å². The highest BCUT2D eigenvalue weighted by Gasteiger charge is 2.07. The van der Waals surface area contributed by atoms with Crippen LogP contribution in [-0.2, 0) is 0 Å². The van der Waals surface area contributed by atoms with E-state index in [0.717, 1.165) is 34.5 Å². The van der Waals surface area contributed by atoms with E-state index in [1.54, 1.807) is 23.1 Å². The molecule has 0 aliphatic heterocycles. The molecule has 0 saturated heterocycles. The third kappa shape index (κ3) is 4.92. The largest absolute Gasteiger partial charge is 0.302 e. The van der Waals surface area contributed by atoms with Gasteiger partial charge in [-0.15, -0.1) is 10.2 Å². The minimum Gasteiger partial charge on any atom is -0.302 e. The second kappa shape index (κ2) is 7.60. The molecule has 0 bridgehead atoms. The first-order chi connectivity index (χ1) is 7.76. The van der Waals surface area contributed by atoms with Crippen molar-refractivity contribution < 1.29 is 0 Å². The Morgan fingerprint density at radius 2 is 2.38 bits per heavy atom. The summed E-state index contributed by atoms with van der Waals surface area (Å²) in [7, 11) is 0. The first-order valence-corrected chi connectivity index (χ1v) is 7.12. The maximum absolute atomic E-state index is 8.91. The molecule has 0 radical (unpaired) electrons. The van der Waals surface area contributed by atoms with Gasteiger partial charge in [-0.2, -0.15) is 5.26 Å². The van der Waals surface area contributed by atoms with Gasteiger partial charge in [0.25, 0.3) is 0 Å². The minimum absolute atomic E-state index is 0.0403. The van der Waals surface area contributed by atoms with Gasteiger partial charge in [-0.1, -0.05) is 30.0 Å². The zero-order valence-corrected chi connectivity index (χ0v) is 11.2. The third-order valence-electron chi connectivity index (χ3n) is 1.94. The van der Waals surface area contributed by atoms with Crippen molar-refractivity contribution in [2.75, 3.05) is 12.3 Å². The summed E-state index contributed by atoms with van der Waals surface area (Å²) in [6.45, 7) is 4.95. The Morgan fingerprint density at radius 3 is 2.94 bits per heavy atom. The highest BCUT2D eigenvalue weighted by atomic mass is 32.2. The second-order valence-corrected chi connectivity index (χ2v) is 5.88. The molecular weight excluding hydrogens is 240 g/mol. The molecule has 0 spiro atoms. The molecule has 0 aliphatic rings. The number of thioether (sulfide) groups is 1. The molecule has 1 heterocycles. The van der Waals surface area contributed by atoms with E-state index in [-0.39, 0.29) is 6.04 Å². The van der Waals surface area contributed by atoms with Crippen LogP contribution in [0.5, 0.6) is 0 Å². The first kappa shape index (κ1) is 13.4. The van der Waals surface area contributed by atoms with Crippen molar-refractivity contribution in [2.45, 2.75) is 37.1 Å². The smallest absolute Gasteiger partial charge is 0.174 e. The van der Waals surface area contributed by atoms with Crippen LogP contribution >= 0.6 is 23.1 Å². The molecule has 16 heavy (non-hydrogen) atoms. The van der Waals surface area contributed by atoms with Gasteiger partial charge in [0.15, 0.2) is 4.34 Å². The number of hydrogen-bond acceptors (Lipinski definition) is 6. The van der Waals surface area contributed by atoms with Gasteiger partial charge in [0.1, 0.15) is 5.01 Å². The zero-order valence-electron chi connectivity index (χ0n) is 9.56. The number of rotatable bonds is 7. The lowest BCUT2D eigenvalue weighted by atomic mass is 10.2. The fourth-order valence-corrected chi connectivity index (χ4v) is 3.02. The summed E-state index contributed by atoms with van der Waals surface area (Å²) < 4.78 is 0.990. The molecular formula is C10H16N4S2. The van der Waals surface area contributed by atoms with E-state index in [4.69, 9.17) is 5.26 Å². The summed E-state index contributed by atoms with van der Waals surface area (Å²) in [5.41, 5.74) is 0. The predicted octanol–water partition coefficient (Wildman–Crippen LogP) is 2.22. The van der Waals surface area contributed by atoms with Crippen LogP contribution in [0.25, 0.3) is 0 Å². The summed E-state index contributed by atoms with van der Waals surface area (Å²) >= 11 is 3.27. The van der Waals surface area contributed by atoms with E-state index in [1.807, 2.05) is 6.92 Å². The highest BCUT2D eigenvalue weighted by Crippen LogP contribution is 2.22. The van der Waals surface area contributed by atoms with E-state index >= 15 is 0 Å². The van der Waals surface area contributed by atoms with Crippen LogP contribution < -0.4 is 5.32 Å². The van der Waals surface area contributed by atoms with Crippen LogP contribution in [-0.4, -0.2) is 28.5 Å². The number of nitriles is 1. The summed E-state index contributed by atoms with van der Waals surface area (Å²) in [5.74, 6) is 0.906. The lowest BCUT2D eigenvalue weighted by Gasteiger charge is -2.08. The molecule has 0 aliphatic carbocycles. The normalized spacial score (nSPS) is 12.3. The SMILES string of the molecule is CCCNC(C#N)CCSc1nnc(C)s1. The van der Waals surface area contributed by atoms with E-state index in [2.05, 4.69) is 28.5 Å². The molecule has 0 amide bonds. The van der Waals surface area contributed by atoms with E-state index in [1.165, 1.54) is 0 Å². The summed E-state index contributed by atoms with van der Waals surface area (Å²) in [6, 6.07) is 2.23. The molecule has 4 nitrogen and oxygen atoms in total. The van der Waals surface area contributed by atoms with Crippen LogP contribution in [0.15, 0.2) is 4.34 Å². The molecule has 1 N–H and O–H groups in total. The van der Waals surface area contributed by atoms with Gasteiger partial charge in [0.05, 0.1) is 12.1 Å². The van der Waals surface area contributed by atoms with Crippen LogP contribution in [0, 0.1) is 18.3 Å². The lowest BCUT2D eigenvalue weighted by Crippen LogP contribution is -2.28. The topological polar surface area (TPSA) is 61.6 Å². The van der Waals surface area contributed by atoms with Gasteiger partial charge in [0.2, 0.25) is 0 Å². The van der Waals surface area contributed by atoms with E-state index in [0.29, 0.717) is 0 Å². The van der Waals surface area contributed by atoms with Crippen molar-refractivity contribution in [3.63, 3.8) is 0 Å². The molecule has 0 saturated carbocycles. The number of hydrogen-bond donors (Lipinski definition) is 1. The first-order valence-electron chi connectivity index (χ1n) is 5.32. The summed E-state index contributed by atoms with van der Waals surface area (Å²) in [5, 5.41) is 21.1. The molecule has 0 fully saturated rings. The number of aromatic nitrogens is 2. The van der Waals surface area contributed by atoms with Crippen molar-refractivity contribution in [2.24, 2.45) is 0 Å². The number of aryl methyl sites for hydroxylation is 1. The second-order valence-electron chi connectivity index (χ2n) is 3.36. The lowest BCUT2D eigenvalue weighted by molar-refractivity contribution is 0.585. The van der Waals surface area contributed by atoms with Crippen LogP contribution in [0.1, 0.15) is 24.8 Å². The molecule has 1 atom stereocenters. The molecule has 0 aromatic carbocycles. The van der Waals surface area contributed by atoms with Crippen LogP contribution in [0.3, 0.4) is 0 Å². The Morgan fingerprint density at radius 1 is 1.56 bits per heavy atom. The monoisotopic (exact) mass is 256 g/mol. The Balaban J connectivity index is 2.21. The zero-order chi connectivity index (χ0) is 11.8. The van der Waals surface area contributed by atoms with Gasteiger partial charge < -0.3 is 5.32 Å². The van der Waals surface area contributed by atoms with E-state index < -0.39 is 0 Å². The third-order valence-corrected chi connectivity index (χ3v) is 3.94. The molecule has 88 valence electrons. The Labute approximate surface area is 104 Å². The molecule has 1 aromatic rings.